The van der Waals surface area contributed by atoms with Gasteiger partial charge in [-0.3, -0.25) is 9.69 Å². The van der Waals surface area contributed by atoms with E-state index in [2.05, 4.69) is 14.5 Å². The van der Waals surface area contributed by atoms with Crippen LogP contribution in [0.5, 0.6) is 5.75 Å². The molecule has 2 aromatic carbocycles. The Bertz CT molecular complexity index is 969. The standard InChI is InChI=1S/C25H30N4O2/c1-27-15-12-26-24(27)19-28-13-5-14-29(17-16-28)25(30)18-21-8-10-23(11-9-21)31-20-22-6-3-2-4-7-22/h2-4,6-12,15H,5,13-14,16-20H2,1H3. The summed E-state index contributed by atoms with van der Waals surface area (Å²) in [6.07, 6.45) is 5.22. The smallest absolute Gasteiger partial charge is 0.227 e. The van der Waals surface area contributed by atoms with Crippen molar-refractivity contribution in [1.29, 1.82) is 0 Å². The molecule has 0 atom stereocenters. The van der Waals surface area contributed by atoms with Crippen molar-refractivity contribution in [3.63, 3.8) is 0 Å². The summed E-state index contributed by atoms with van der Waals surface area (Å²) in [6.45, 7) is 4.82. The van der Waals surface area contributed by atoms with Crippen molar-refractivity contribution in [3.8, 4) is 5.75 Å². The van der Waals surface area contributed by atoms with Crippen molar-refractivity contribution >= 4 is 5.91 Å². The van der Waals surface area contributed by atoms with E-state index >= 15 is 0 Å². The number of carbonyl (C=O) groups excluding carboxylic acids is 1. The largest absolute Gasteiger partial charge is 0.489 e. The van der Waals surface area contributed by atoms with Crippen LogP contribution in [0.25, 0.3) is 0 Å². The summed E-state index contributed by atoms with van der Waals surface area (Å²) in [5.41, 5.74) is 2.16. The third-order valence-corrected chi connectivity index (χ3v) is 5.75. The SMILES string of the molecule is Cn1ccnc1CN1CCCN(C(=O)Cc2ccc(OCc3ccccc3)cc2)CC1. The molecular weight excluding hydrogens is 388 g/mol. The molecule has 6 nitrogen and oxygen atoms in total. The molecule has 0 radical (unpaired) electrons. The van der Waals surface area contributed by atoms with Crippen molar-refractivity contribution in [1.82, 2.24) is 19.4 Å². The van der Waals surface area contributed by atoms with Crippen LogP contribution in [-0.4, -0.2) is 51.4 Å². The molecule has 3 aromatic rings. The van der Waals surface area contributed by atoms with Crippen molar-refractivity contribution in [2.75, 3.05) is 26.2 Å². The number of ether oxygens (including phenoxy) is 1. The Morgan fingerprint density at radius 1 is 0.968 bits per heavy atom. The number of hydrogen-bond donors (Lipinski definition) is 0. The van der Waals surface area contributed by atoms with Gasteiger partial charge in [-0.25, -0.2) is 4.98 Å². The van der Waals surface area contributed by atoms with E-state index in [0.29, 0.717) is 13.0 Å². The summed E-state index contributed by atoms with van der Waals surface area (Å²) in [6, 6.07) is 18.0. The molecule has 0 spiro atoms. The fourth-order valence-electron chi connectivity index (χ4n) is 3.86. The van der Waals surface area contributed by atoms with Crippen LogP contribution in [0.2, 0.25) is 0 Å². The third-order valence-electron chi connectivity index (χ3n) is 5.75. The summed E-state index contributed by atoms with van der Waals surface area (Å²) in [5, 5.41) is 0. The Balaban J connectivity index is 1.25. The first-order valence-corrected chi connectivity index (χ1v) is 10.9. The first kappa shape index (κ1) is 21.1. The van der Waals surface area contributed by atoms with Gasteiger partial charge in [0.2, 0.25) is 5.91 Å². The molecule has 6 heteroatoms. The van der Waals surface area contributed by atoms with Crippen molar-refractivity contribution in [2.45, 2.75) is 26.0 Å². The number of aromatic nitrogens is 2. The lowest BCUT2D eigenvalue weighted by atomic mass is 10.1. The molecule has 162 valence electrons. The van der Waals surface area contributed by atoms with Gasteiger partial charge < -0.3 is 14.2 Å². The Morgan fingerprint density at radius 3 is 2.52 bits per heavy atom. The van der Waals surface area contributed by atoms with Gasteiger partial charge in [-0.1, -0.05) is 42.5 Å². The van der Waals surface area contributed by atoms with Gasteiger partial charge in [0, 0.05) is 45.6 Å². The van der Waals surface area contributed by atoms with Gasteiger partial charge in [0.05, 0.1) is 13.0 Å². The van der Waals surface area contributed by atoms with Crippen LogP contribution in [0.4, 0.5) is 0 Å². The van der Waals surface area contributed by atoms with Gasteiger partial charge in [-0.05, 0) is 29.7 Å². The second-order valence-electron chi connectivity index (χ2n) is 8.06. The average molecular weight is 419 g/mol. The Morgan fingerprint density at radius 2 is 1.77 bits per heavy atom. The molecule has 0 N–H and O–H groups in total. The van der Waals surface area contributed by atoms with Crippen molar-refractivity contribution in [3.05, 3.63) is 83.9 Å². The van der Waals surface area contributed by atoms with Gasteiger partial charge in [0.25, 0.3) is 0 Å². The molecule has 1 fully saturated rings. The molecule has 1 saturated heterocycles. The maximum atomic E-state index is 12.9. The summed E-state index contributed by atoms with van der Waals surface area (Å²) in [4.78, 5) is 21.7. The minimum atomic E-state index is 0.191. The summed E-state index contributed by atoms with van der Waals surface area (Å²) in [5.74, 6) is 2.07. The van der Waals surface area contributed by atoms with Crippen LogP contribution >= 0.6 is 0 Å². The Kier molecular flexibility index (Phi) is 6.99. The van der Waals surface area contributed by atoms with E-state index in [1.807, 2.05) is 78.9 Å². The van der Waals surface area contributed by atoms with E-state index in [9.17, 15) is 4.79 Å². The second kappa shape index (κ2) is 10.3. The predicted octanol–water partition coefficient (Wildman–Crippen LogP) is 3.28. The van der Waals surface area contributed by atoms with Crippen LogP contribution in [0, 0.1) is 0 Å². The Hall–Kier alpha value is -3.12. The zero-order chi connectivity index (χ0) is 21.5. The van der Waals surface area contributed by atoms with Crippen LogP contribution in [0.3, 0.4) is 0 Å². The molecule has 2 heterocycles. The van der Waals surface area contributed by atoms with Crippen molar-refractivity contribution < 1.29 is 9.53 Å². The first-order valence-electron chi connectivity index (χ1n) is 10.9. The fourth-order valence-corrected chi connectivity index (χ4v) is 3.86. The highest BCUT2D eigenvalue weighted by Gasteiger charge is 2.20. The quantitative estimate of drug-likeness (QED) is 0.591. The van der Waals surface area contributed by atoms with Crippen LogP contribution in [0.15, 0.2) is 67.0 Å². The molecule has 4 rings (SSSR count). The molecular formula is C25H30N4O2. The summed E-state index contributed by atoms with van der Waals surface area (Å²) >= 11 is 0. The van der Waals surface area contributed by atoms with Crippen LogP contribution in [-0.2, 0) is 31.4 Å². The number of amides is 1. The normalized spacial score (nSPS) is 14.9. The molecule has 1 aliphatic heterocycles. The summed E-state index contributed by atoms with van der Waals surface area (Å²) < 4.78 is 7.90. The van der Waals surface area contributed by atoms with Crippen LogP contribution < -0.4 is 4.74 Å². The first-order chi connectivity index (χ1) is 15.2. The molecule has 31 heavy (non-hydrogen) atoms. The van der Waals surface area contributed by atoms with Gasteiger partial charge >= 0.3 is 0 Å². The van der Waals surface area contributed by atoms with Gasteiger partial charge in [-0.15, -0.1) is 0 Å². The monoisotopic (exact) mass is 418 g/mol. The van der Waals surface area contributed by atoms with E-state index in [-0.39, 0.29) is 5.91 Å². The molecule has 1 aromatic heterocycles. The molecule has 1 amide bonds. The van der Waals surface area contributed by atoms with Crippen LogP contribution in [0.1, 0.15) is 23.4 Å². The predicted molar refractivity (Wildman–Crippen MR) is 121 cm³/mol. The number of carbonyl (C=O) groups is 1. The molecule has 0 unspecified atom stereocenters. The van der Waals surface area contributed by atoms with Gasteiger partial charge in [0.1, 0.15) is 18.2 Å². The number of rotatable bonds is 7. The molecule has 0 saturated carbocycles. The van der Waals surface area contributed by atoms with E-state index < -0.39 is 0 Å². The minimum absolute atomic E-state index is 0.191. The third kappa shape index (κ3) is 5.95. The fraction of sp³-hybridized carbons (Fsp3) is 0.360. The maximum absolute atomic E-state index is 12.9. The maximum Gasteiger partial charge on any atom is 0.227 e. The highest BCUT2D eigenvalue weighted by atomic mass is 16.5. The minimum Gasteiger partial charge on any atom is -0.489 e. The van der Waals surface area contributed by atoms with E-state index in [1.165, 1.54) is 0 Å². The summed E-state index contributed by atoms with van der Waals surface area (Å²) in [7, 11) is 2.02. The zero-order valence-corrected chi connectivity index (χ0v) is 18.1. The number of benzene rings is 2. The second-order valence-corrected chi connectivity index (χ2v) is 8.06. The lowest BCUT2D eigenvalue weighted by Gasteiger charge is -2.22. The molecule has 0 bridgehead atoms. The van der Waals surface area contributed by atoms with E-state index in [1.54, 1.807) is 0 Å². The van der Waals surface area contributed by atoms with Gasteiger partial charge in [-0.2, -0.15) is 0 Å². The number of imidazole rings is 1. The highest BCUT2D eigenvalue weighted by molar-refractivity contribution is 5.78. The lowest BCUT2D eigenvalue weighted by molar-refractivity contribution is -0.130. The van der Waals surface area contributed by atoms with Crippen molar-refractivity contribution in [2.24, 2.45) is 7.05 Å². The van der Waals surface area contributed by atoms with Gasteiger partial charge in [0.15, 0.2) is 0 Å². The van der Waals surface area contributed by atoms with E-state index in [0.717, 1.165) is 61.8 Å². The molecule has 1 aliphatic rings. The average Bonchev–Trinajstić information content (AvgIpc) is 3.05. The number of hydrogen-bond acceptors (Lipinski definition) is 4. The highest BCUT2D eigenvalue weighted by Crippen LogP contribution is 2.16. The Labute approximate surface area is 184 Å². The topological polar surface area (TPSA) is 50.6 Å². The molecule has 0 aliphatic carbocycles. The number of nitrogens with zero attached hydrogens (tertiary/aromatic N) is 4. The zero-order valence-electron chi connectivity index (χ0n) is 18.1. The number of aryl methyl sites for hydroxylation is 1. The lowest BCUT2D eigenvalue weighted by Crippen LogP contribution is -2.36. The van der Waals surface area contributed by atoms with E-state index in [4.69, 9.17) is 4.74 Å².